The molecular weight excluding hydrogens is 362 g/mol. The molecule has 1 aromatic heterocycles. The SMILES string of the molecule is CN1C(=O)Cc2cc3c(CCC4CCN(Cc5ccccc5)CC4)noc3cc21. The summed E-state index contributed by atoms with van der Waals surface area (Å²) in [7, 11) is 1.82. The monoisotopic (exact) mass is 389 g/mol. The molecule has 0 bridgehead atoms. The lowest BCUT2D eigenvalue weighted by atomic mass is 9.91. The van der Waals surface area contributed by atoms with Crippen molar-refractivity contribution in [3.63, 3.8) is 0 Å². The average Bonchev–Trinajstić information content (AvgIpc) is 3.27. The zero-order valence-electron chi connectivity index (χ0n) is 16.9. The summed E-state index contributed by atoms with van der Waals surface area (Å²) in [6, 6.07) is 14.8. The number of likely N-dealkylation sites (tertiary alicyclic amines) is 1. The molecule has 5 nitrogen and oxygen atoms in total. The molecule has 150 valence electrons. The van der Waals surface area contributed by atoms with Crippen LogP contribution in [0.15, 0.2) is 47.0 Å². The van der Waals surface area contributed by atoms with E-state index in [1.807, 2.05) is 13.1 Å². The van der Waals surface area contributed by atoms with Gasteiger partial charge in [-0.2, -0.15) is 0 Å². The van der Waals surface area contributed by atoms with E-state index in [4.69, 9.17) is 4.52 Å². The second kappa shape index (κ2) is 7.64. The summed E-state index contributed by atoms with van der Waals surface area (Å²) in [6.45, 7) is 3.39. The van der Waals surface area contributed by atoms with Gasteiger partial charge < -0.3 is 9.42 Å². The number of fused-ring (bicyclic) bond motifs is 2. The van der Waals surface area contributed by atoms with Crippen molar-refractivity contribution in [1.29, 1.82) is 0 Å². The average molecular weight is 389 g/mol. The number of nitrogens with zero attached hydrogens (tertiary/aromatic N) is 3. The van der Waals surface area contributed by atoms with Gasteiger partial charge in [0.15, 0.2) is 5.58 Å². The number of aromatic nitrogens is 1. The summed E-state index contributed by atoms with van der Waals surface area (Å²) in [6.07, 6.45) is 5.07. The summed E-state index contributed by atoms with van der Waals surface area (Å²) >= 11 is 0. The summed E-state index contributed by atoms with van der Waals surface area (Å²) in [5.74, 6) is 0.889. The highest BCUT2D eigenvalue weighted by Crippen LogP contribution is 2.34. The molecule has 0 unspecified atom stereocenters. The summed E-state index contributed by atoms with van der Waals surface area (Å²) in [5.41, 5.74) is 5.27. The maximum Gasteiger partial charge on any atom is 0.231 e. The Morgan fingerprint density at radius 1 is 1.14 bits per heavy atom. The van der Waals surface area contributed by atoms with Crippen molar-refractivity contribution in [1.82, 2.24) is 10.1 Å². The third-order valence-electron chi connectivity index (χ3n) is 6.57. The van der Waals surface area contributed by atoms with Crippen LogP contribution in [0.4, 0.5) is 5.69 Å². The summed E-state index contributed by atoms with van der Waals surface area (Å²) < 4.78 is 5.59. The minimum Gasteiger partial charge on any atom is -0.356 e. The van der Waals surface area contributed by atoms with Gasteiger partial charge in [0.2, 0.25) is 5.91 Å². The predicted molar refractivity (Wildman–Crippen MR) is 114 cm³/mol. The van der Waals surface area contributed by atoms with E-state index >= 15 is 0 Å². The molecule has 29 heavy (non-hydrogen) atoms. The van der Waals surface area contributed by atoms with Gasteiger partial charge in [0.1, 0.15) is 0 Å². The molecule has 0 atom stereocenters. The Balaban J connectivity index is 1.19. The number of rotatable bonds is 5. The molecule has 2 aliphatic heterocycles. The molecule has 2 aliphatic rings. The maximum absolute atomic E-state index is 12.0. The lowest BCUT2D eigenvalue weighted by molar-refractivity contribution is -0.117. The molecule has 0 radical (unpaired) electrons. The van der Waals surface area contributed by atoms with Crippen LogP contribution in [0.25, 0.3) is 11.0 Å². The van der Waals surface area contributed by atoms with Crippen LogP contribution in [-0.4, -0.2) is 36.1 Å². The van der Waals surface area contributed by atoms with E-state index in [-0.39, 0.29) is 5.91 Å². The van der Waals surface area contributed by atoms with E-state index in [1.165, 1.54) is 31.5 Å². The molecule has 3 heterocycles. The lowest BCUT2D eigenvalue weighted by Crippen LogP contribution is -2.33. The van der Waals surface area contributed by atoms with E-state index < -0.39 is 0 Å². The summed E-state index contributed by atoms with van der Waals surface area (Å²) in [4.78, 5) is 16.2. The maximum atomic E-state index is 12.0. The van der Waals surface area contributed by atoms with E-state index in [9.17, 15) is 4.79 Å². The Labute approximate surface area is 171 Å². The first-order valence-corrected chi connectivity index (χ1v) is 10.6. The van der Waals surface area contributed by atoms with Crippen LogP contribution in [0.3, 0.4) is 0 Å². The van der Waals surface area contributed by atoms with Crippen molar-refractivity contribution in [2.24, 2.45) is 5.92 Å². The molecule has 1 saturated heterocycles. The van der Waals surface area contributed by atoms with Crippen molar-refractivity contribution in [2.45, 2.75) is 38.6 Å². The smallest absolute Gasteiger partial charge is 0.231 e. The van der Waals surface area contributed by atoms with Crippen LogP contribution in [0.5, 0.6) is 0 Å². The molecule has 0 spiro atoms. The van der Waals surface area contributed by atoms with Gasteiger partial charge in [-0.1, -0.05) is 35.5 Å². The number of carbonyl (C=O) groups excluding carboxylic acids is 1. The number of piperidine rings is 1. The minimum atomic E-state index is 0.143. The molecule has 0 saturated carbocycles. The zero-order valence-corrected chi connectivity index (χ0v) is 16.9. The third-order valence-corrected chi connectivity index (χ3v) is 6.57. The third kappa shape index (κ3) is 3.67. The Kier molecular flexibility index (Phi) is 4.84. The second-order valence-corrected chi connectivity index (χ2v) is 8.48. The lowest BCUT2D eigenvalue weighted by Gasteiger charge is -2.31. The van der Waals surface area contributed by atoms with Crippen LogP contribution in [-0.2, 0) is 24.2 Å². The molecule has 0 N–H and O–H groups in total. The van der Waals surface area contributed by atoms with Crippen LogP contribution >= 0.6 is 0 Å². The van der Waals surface area contributed by atoms with Gasteiger partial charge in [0, 0.05) is 25.0 Å². The first-order valence-electron chi connectivity index (χ1n) is 10.6. The minimum absolute atomic E-state index is 0.143. The predicted octanol–water partition coefficient (Wildman–Crippen LogP) is 4.19. The van der Waals surface area contributed by atoms with Crippen molar-refractivity contribution < 1.29 is 9.32 Å². The van der Waals surface area contributed by atoms with E-state index in [0.29, 0.717) is 6.42 Å². The van der Waals surface area contributed by atoms with Gasteiger partial charge in [-0.25, -0.2) is 0 Å². The van der Waals surface area contributed by atoms with Crippen LogP contribution in [0.1, 0.15) is 36.1 Å². The molecule has 1 amide bonds. The molecule has 1 fully saturated rings. The van der Waals surface area contributed by atoms with E-state index in [1.54, 1.807) is 4.90 Å². The Hall–Kier alpha value is -2.66. The number of benzene rings is 2. The first kappa shape index (κ1) is 18.4. The fourth-order valence-corrected chi connectivity index (χ4v) is 4.73. The van der Waals surface area contributed by atoms with Crippen LogP contribution in [0, 0.1) is 5.92 Å². The Morgan fingerprint density at radius 2 is 1.93 bits per heavy atom. The van der Waals surface area contributed by atoms with Crippen molar-refractivity contribution >= 4 is 22.6 Å². The van der Waals surface area contributed by atoms with E-state index in [2.05, 4.69) is 46.5 Å². The van der Waals surface area contributed by atoms with Gasteiger partial charge in [-0.3, -0.25) is 9.69 Å². The fourth-order valence-electron chi connectivity index (χ4n) is 4.73. The highest BCUT2D eigenvalue weighted by molar-refractivity contribution is 6.03. The van der Waals surface area contributed by atoms with Crippen LogP contribution < -0.4 is 4.90 Å². The highest BCUT2D eigenvalue weighted by atomic mass is 16.5. The molecule has 3 aromatic rings. The van der Waals surface area contributed by atoms with Gasteiger partial charge in [0.25, 0.3) is 0 Å². The number of amides is 1. The zero-order chi connectivity index (χ0) is 19.8. The normalized spacial score (nSPS) is 18.0. The highest BCUT2D eigenvalue weighted by Gasteiger charge is 2.26. The standard InChI is InChI=1S/C24H27N3O2/c1-26-22-15-23-20(13-19(22)14-24(26)28)21(25-29-23)8-7-17-9-11-27(12-10-17)16-18-5-3-2-4-6-18/h2-6,13,15,17H,7-12,14,16H2,1H3. The van der Waals surface area contributed by atoms with Crippen molar-refractivity contribution in [3.8, 4) is 0 Å². The fraction of sp³-hybridized carbons (Fsp3) is 0.417. The van der Waals surface area contributed by atoms with Gasteiger partial charge in [0.05, 0.1) is 17.8 Å². The van der Waals surface area contributed by atoms with E-state index in [0.717, 1.165) is 53.2 Å². The molecule has 2 aromatic carbocycles. The topological polar surface area (TPSA) is 49.6 Å². The quantitative estimate of drug-likeness (QED) is 0.656. The number of aryl methyl sites for hydroxylation is 1. The molecular formula is C24H27N3O2. The van der Waals surface area contributed by atoms with Gasteiger partial charge in [-0.15, -0.1) is 0 Å². The Morgan fingerprint density at radius 3 is 2.72 bits per heavy atom. The first-order chi connectivity index (χ1) is 14.2. The second-order valence-electron chi connectivity index (χ2n) is 8.48. The van der Waals surface area contributed by atoms with Gasteiger partial charge >= 0.3 is 0 Å². The number of likely N-dealkylation sites (N-methyl/N-ethyl adjacent to an activating group) is 1. The van der Waals surface area contributed by atoms with Crippen LogP contribution in [0.2, 0.25) is 0 Å². The Bertz CT molecular complexity index is 1020. The number of carbonyl (C=O) groups is 1. The number of anilines is 1. The summed E-state index contributed by atoms with van der Waals surface area (Å²) in [5, 5.41) is 5.42. The number of hydrogen-bond acceptors (Lipinski definition) is 4. The number of hydrogen-bond donors (Lipinski definition) is 0. The van der Waals surface area contributed by atoms with Crippen molar-refractivity contribution in [3.05, 3.63) is 59.3 Å². The molecule has 0 aliphatic carbocycles. The molecule has 5 heteroatoms. The largest absolute Gasteiger partial charge is 0.356 e. The van der Waals surface area contributed by atoms with Crippen molar-refractivity contribution in [2.75, 3.05) is 25.0 Å². The molecule has 5 rings (SSSR count). The van der Waals surface area contributed by atoms with Gasteiger partial charge in [-0.05, 0) is 61.9 Å².